The van der Waals surface area contributed by atoms with Gasteiger partial charge >= 0.3 is 5.97 Å². The Morgan fingerprint density at radius 1 is 1.39 bits per heavy atom. The SMILES string of the molecule is Cc1ccc(S(=O)(=O)O)cc1.N[C@@H](CS)C(=O)O. The molecular formula is C10H15NO5S2. The number of carboxylic acid groups (broad SMARTS) is 1. The lowest BCUT2D eigenvalue weighted by molar-refractivity contribution is -0.137. The molecule has 0 aromatic heterocycles. The molecule has 1 aromatic carbocycles. The molecule has 0 saturated carbocycles. The summed E-state index contributed by atoms with van der Waals surface area (Å²) in [5.74, 6) is -0.815. The zero-order valence-corrected chi connectivity index (χ0v) is 11.4. The second-order valence-electron chi connectivity index (χ2n) is 3.42. The van der Waals surface area contributed by atoms with Crippen LogP contribution in [0.15, 0.2) is 29.2 Å². The Kier molecular flexibility index (Phi) is 6.92. The topological polar surface area (TPSA) is 118 Å². The standard InChI is InChI=1S/C7H8O3S.C3H7NO2S/c1-6-2-4-7(5-3-6)11(8,9)10;4-2(1-7)3(5)6/h2-5H,1H3,(H,8,9,10);2,7H,1,4H2,(H,5,6)/t;2-/m.0/s1. The van der Waals surface area contributed by atoms with E-state index in [1.54, 1.807) is 12.1 Å². The molecule has 102 valence electrons. The molecule has 0 saturated heterocycles. The first-order chi connectivity index (χ1) is 8.18. The van der Waals surface area contributed by atoms with Gasteiger partial charge in [-0.25, -0.2) is 0 Å². The lowest BCUT2D eigenvalue weighted by atomic mass is 10.2. The zero-order chi connectivity index (χ0) is 14.3. The number of aryl methyl sites for hydroxylation is 1. The number of hydrogen-bond acceptors (Lipinski definition) is 5. The first-order valence-corrected chi connectivity index (χ1v) is 6.89. The molecule has 6 nitrogen and oxygen atoms in total. The van der Waals surface area contributed by atoms with Crippen LogP contribution in [0.3, 0.4) is 0 Å². The minimum atomic E-state index is -4.02. The van der Waals surface area contributed by atoms with Gasteiger partial charge in [-0.2, -0.15) is 21.0 Å². The van der Waals surface area contributed by atoms with Gasteiger partial charge < -0.3 is 10.8 Å². The maximum absolute atomic E-state index is 10.5. The van der Waals surface area contributed by atoms with E-state index in [9.17, 15) is 13.2 Å². The lowest BCUT2D eigenvalue weighted by Gasteiger charge is -1.96. The van der Waals surface area contributed by atoms with E-state index < -0.39 is 22.1 Å². The first kappa shape index (κ1) is 16.9. The van der Waals surface area contributed by atoms with E-state index in [4.69, 9.17) is 15.4 Å². The van der Waals surface area contributed by atoms with Crippen molar-refractivity contribution >= 4 is 28.7 Å². The molecule has 4 N–H and O–H groups in total. The van der Waals surface area contributed by atoms with Crippen molar-refractivity contribution in [3.05, 3.63) is 29.8 Å². The molecule has 0 unspecified atom stereocenters. The third-order valence-electron chi connectivity index (χ3n) is 1.83. The van der Waals surface area contributed by atoms with Crippen LogP contribution in [-0.4, -0.2) is 35.8 Å². The highest BCUT2D eigenvalue weighted by molar-refractivity contribution is 7.85. The Balaban J connectivity index is 0.000000360. The summed E-state index contributed by atoms with van der Waals surface area (Å²) in [6.07, 6.45) is 0. The normalized spacial score (nSPS) is 12.2. The summed E-state index contributed by atoms with van der Waals surface area (Å²) in [4.78, 5) is 9.69. The van der Waals surface area contributed by atoms with Crippen molar-refractivity contribution in [2.24, 2.45) is 5.73 Å². The van der Waals surface area contributed by atoms with Crippen LogP contribution in [0.25, 0.3) is 0 Å². The Bertz CT molecular complexity index is 483. The summed E-state index contributed by atoms with van der Waals surface area (Å²) < 4.78 is 29.6. The number of thiol groups is 1. The van der Waals surface area contributed by atoms with Crippen molar-refractivity contribution in [1.29, 1.82) is 0 Å². The number of carboxylic acids is 1. The van der Waals surface area contributed by atoms with E-state index in [2.05, 4.69) is 12.6 Å². The summed E-state index contributed by atoms with van der Waals surface area (Å²) in [7, 11) is -4.02. The summed E-state index contributed by atoms with van der Waals surface area (Å²) in [6, 6.07) is 5.17. The molecule has 0 aliphatic carbocycles. The number of aliphatic carboxylic acids is 1. The Hall–Kier alpha value is -1.09. The Morgan fingerprint density at radius 2 is 1.83 bits per heavy atom. The maximum atomic E-state index is 10.5. The molecule has 8 heteroatoms. The van der Waals surface area contributed by atoms with Crippen LogP contribution in [0, 0.1) is 6.92 Å². The third kappa shape index (κ3) is 6.60. The molecular weight excluding hydrogens is 278 g/mol. The number of carbonyl (C=O) groups is 1. The molecule has 0 amide bonds. The fourth-order valence-electron chi connectivity index (χ4n) is 0.788. The maximum Gasteiger partial charge on any atom is 0.321 e. The zero-order valence-electron chi connectivity index (χ0n) is 9.65. The molecule has 0 heterocycles. The second kappa shape index (κ2) is 7.37. The van der Waals surface area contributed by atoms with Gasteiger partial charge in [-0.1, -0.05) is 17.7 Å². The monoisotopic (exact) mass is 293 g/mol. The minimum absolute atomic E-state index is 0.0666. The Morgan fingerprint density at radius 3 is 2.06 bits per heavy atom. The summed E-state index contributed by atoms with van der Waals surface area (Å²) >= 11 is 3.65. The van der Waals surface area contributed by atoms with Gasteiger partial charge in [0.25, 0.3) is 10.1 Å². The highest BCUT2D eigenvalue weighted by atomic mass is 32.2. The molecule has 1 rings (SSSR count). The molecule has 0 spiro atoms. The molecule has 0 aliphatic rings. The minimum Gasteiger partial charge on any atom is -0.480 e. The van der Waals surface area contributed by atoms with E-state index >= 15 is 0 Å². The molecule has 0 aliphatic heterocycles. The van der Waals surface area contributed by atoms with Crippen molar-refractivity contribution < 1.29 is 22.9 Å². The predicted octanol–water partition coefficient (Wildman–Crippen LogP) is 0.570. The van der Waals surface area contributed by atoms with Crippen LogP contribution >= 0.6 is 12.6 Å². The van der Waals surface area contributed by atoms with Gasteiger partial charge in [0.1, 0.15) is 6.04 Å². The van der Waals surface area contributed by atoms with Gasteiger partial charge in [-0.15, -0.1) is 0 Å². The number of benzene rings is 1. The van der Waals surface area contributed by atoms with E-state index in [1.165, 1.54) is 12.1 Å². The second-order valence-corrected chi connectivity index (χ2v) is 5.20. The van der Waals surface area contributed by atoms with Gasteiger partial charge in [0.15, 0.2) is 0 Å². The smallest absolute Gasteiger partial charge is 0.321 e. The van der Waals surface area contributed by atoms with E-state index in [0.717, 1.165) is 5.56 Å². The Labute approximate surface area is 111 Å². The molecule has 0 radical (unpaired) electrons. The highest BCUT2D eigenvalue weighted by Crippen LogP contribution is 2.08. The van der Waals surface area contributed by atoms with E-state index in [0.29, 0.717) is 0 Å². The van der Waals surface area contributed by atoms with Crippen LogP contribution in [0.2, 0.25) is 0 Å². The van der Waals surface area contributed by atoms with Crippen molar-refractivity contribution in [1.82, 2.24) is 0 Å². The van der Waals surface area contributed by atoms with Gasteiger partial charge in [0, 0.05) is 5.75 Å². The summed E-state index contributed by atoms with van der Waals surface area (Å²) in [5, 5.41) is 8.01. The fourth-order valence-corrected chi connectivity index (χ4v) is 1.42. The van der Waals surface area contributed by atoms with Crippen molar-refractivity contribution in [3.63, 3.8) is 0 Å². The number of nitrogens with two attached hydrogens (primary N) is 1. The van der Waals surface area contributed by atoms with Crippen molar-refractivity contribution in [2.75, 3.05) is 5.75 Å². The number of hydrogen-bond donors (Lipinski definition) is 4. The lowest BCUT2D eigenvalue weighted by Crippen LogP contribution is -2.31. The van der Waals surface area contributed by atoms with E-state index in [1.807, 2.05) is 6.92 Å². The molecule has 18 heavy (non-hydrogen) atoms. The van der Waals surface area contributed by atoms with Crippen LogP contribution < -0.4 is 5.73 Å². The molecule has 1 aromatic rings. The van der Waals surface area contributed by atoms with Crippen LogP contribution in [0.5, 0.6) is 0 Å². The van der Waals surface area contributed by atoms with Gasteiger partial charge in [-0.05, 0) is 19.1 Å². The van der Waals surface area contributed by atoms with E-state index in [-0.39, 0.29) is 10.6 Å². The van der Waals surface area contributed by atoms with Gasteiger partial charge in [0.2, 0.25) is 0 Å². The number of rotatable bonds is 3. The summed E-state index contributed by atoms with van der Waals surface area (Å²) in [5.41, 5.74) is 5.90. The quantitative estimate of drug-likeness (QED) is 0.478. The largest absolute Gasteiger partial charge is 0.480 e. The third-order valence-corrected chi connectivity index (χ3v) is 3.09. The highest BCUT2D eigenvalue weighted by Gasteiger charge is 2.07. The van der Waals surface area contributed by atoms with Crippen molar-refractivity contribution in [3.8, 4) is 0 Å². The molecule has 1 atom stereocenters. The van der Waals surface area contributed by atoms with Crippen LogP contribution in [0.1, 0.15) is 5.56 Å². The van der Waals surface area contributed by atoms with Gasteiger partial charge in [-0.3, -0.25) is 9.35 Å². The predicted molar refractivity (Wildman–Crippen MR) is 70.5 cm³/mol. The van der Waals surface area contributed by atoms with Crippen molar-refractivity contribution in [2.45, 2.75) is 17.9 Å². The molecule has 0 fully saturated rings. The first-order valence-electron chi connectivity index (χ1n) is 4.82. The average molecular weight is 293 g/mol. The van der Waals surface area contributed by atoms with Crippen LogP contribution in [-0.2, 0) is 14.9 Å². The average Bonchev–Trinajstić information content (AvgIpc) is 2.28. The van der Waals surface area contributed by atoms with Gasteiger partial charge in [0.05, 0.1) is 4.90 Å². The molecule has 0 bridgehead atoms. The fraction of sp³-hybridized carbons (Fsp3) is 0.300. The van der Waals surface area contributed by atoms with Crippen LogP contribution in [0.4, 0.5) is 0 Å². The summed E-state index contributed by atoms with van der Waals surface area (Å²) in [6.45, 7) is 1.84.